The van der Waals surface area contributed by atoms with Crippen LogP contribution in [0, 0.1) is 0 Å². The number of aryl methyl sites for hydroxylation is 6. The van der Waals surface area contributed by atoms with Crippen LogP contribution in [0.4, 0.5) is 0 Å². The summed E-state index contributed by atoms with van der Waals surface area (Å²) in [6.07, 6.45) is 2.70. The van der Waals surface area contributed by atoms with Crippen molar-refractivity contribution in [2.75, 3.05) is 0 Å². The molecule has 0 aliphatic rings. The third-order valence-corrected chi connectivity index (χ3v) is 7.11. The first-order valence-electron chi connectivity index (χ1n) is 16.5. The van der Waals surface area contributed by atoms with Gasteiger partial charge in [-0.25, -0.2) is 29.3 Å². The van der Waals surface area contributed by atoms with Crippen molar-refractivity contribution in [3.05, 3.63) is 81.5 Å². The van der Waals surface area contributed by atoms with Crippen molar-refractivity contribution in [2.45, 2.75) is 40.4 Å². The van der Waals surface area contributed by atoms with Gasteiger partial charge in [0.25, 0.3) is 16.7 Å². The summed E-state index contributed by atoms with van der Waals surface area (Å²) in [5.74, 6) is 0. The van der Waals surface area contributed by atoms with Crippen molar-refractivity contribution in [2.24, 2.45) is 42.2 Å². The van der Waals surface area contributed by atoms with E-state index >= 15 is 0 Å². The lowest BCUT2D eigenvalue weighted by molar-refractivity contribution is 0.635. The highest BCUT2D eigenvalue weighted by Crippen LogP contribution is 2.04. The molecule has 0 bridgehead atoms. The molecule has 0 unspecified atom stereocenters. The average molecular weight is 631 g/mol. The molecule has 45 heavy (non-hydrogen) atoms. The van der Waals surface area contributed by atoms with Gasteiger partial charge < -0.3 is 13.7 Å². The lowest BCUT2D eigenvalue weighted by atomic mass is 10.5. The highest BCUT2D eigenvalue weighted by Gasteiger charge is 2.15. The van der Waals surface area contributed by atoms with Crippen LogP contribution in [0.25, 0.3) is 33.5 Å². The Morgan fingerprint density at radius 2 is 0.978 bits per heavy atom. The summed E-state index contributed by atoms with van der Waals surface area (Å²) in [6.45, 7) is 0.187. The first-order chi connectivity index (χ1) is 23.5. The minimum atomic E-state index is -2.67. The van der Waals surface area contributed by atoms with Gasteiger partial charge in [-0.1, -0.05) is 0 Å². The Bertz CT molecular complexity index is 2690. The zero-order chi connectivity index (χ0) is 38.7. The Morgan fingerprint density at radius 3 is 1.42 bits per heavy atom. The number of fused-ring (bicyclic) bond motifs is 3. The van der Waals surface area contributed by atoms with E-state index < -0.39 is 47.2 Å². The van der Waals surface area contributed by atoms with E-state index in [1.807, 2.05) is 0 Å². The molecular formula is C27H36N12O6. The molecule has 18 heteroatoms. The smallest absolute Gasteiger partial charge is 0.328 e. The number of aromatic nitrogens is 12. The van der Waals surface area contributed by atoms with Crippen molar-refractivity contribution < 1.29 is 8.22 Å². The normalized spacial score (nSPS) is 13.7. The molecule has 18 nitrogen and oxygen atoms in total. The molecule has 6 rings (SSSR count). The van der Waals surface area contributed by atoms with E-state index in [1.165, 1.54) is 38.0 Å². The molecule has 0 saturated heterocycles. The fourth-order valence-electron chi connectivity index (χ4n) is 4.69. The van der Waals surface area contributed by atoms with Crippen molar-refractivity contribution in [3.63, 3.8) is 0 Å². The fourth-order valence-corrected chi connectivity index (χ4v) is 4.69. The predicted molar refractivity (Wildman–Crippen MR) is 168 cm³/mol. The van der Waals surface area contributed by atoms with Gasteiger partial charge in [0.1, 0.15) is 1.37 Å². The maximum Gasteiger partial charge on any atom is 0.332 e. The summed E-state index contributed by atoms with van der Waals surface area (Å²) in [5, 5.41) is 0. The Hall–Kier alpha value is -5.55. The van der Waals surface area contributed by atoms with Gasteiger partial charge in [0.2, 0.25) is 0 Å². The van der Waals surface area contributed by atoms with Crippen molar-refractivity contribution in [3.8, 4) is 0 Å². The zero-order valence-corrected chi connectivity index (χ0v) is 25.9. The van der Waals surface area contributed by atoms with E-state index in [4.69, 9.17) is 8.22 Å². The van der Waals surface area contributed by atoms with Crippen LogP contribution in [0.5, 0.6) is 0 Å². The van der Waals surface area contributed by atoms with E-state index in [0.29, 0.717) is 15.7 Å². The van der Waals surface area contributed by atoms with E-state index in [9.17, 15) is 28.8 Å². The molecule has 0 aromatic carbocycles. The standard InChI is InChI=1S/3C9H12N4O2/c3*1-4-13-8(14)6-7(10-5-11(6)2)12(3)9(13)15/h3*5H,4H2,1-3H3/i5D;4D2;3D3. The SMILES string of the molecule is [2H]C([2H])(C)n1c(=O)c2c(ncn2C)n(C)c1=O.[2H]C([2H])([2H])n1c(=O)n(CC)c(=O)c2c1ncn2C.[2H]c1nc2c(c(=O)n(CC)c(=O)n2C)n1C. The maximum atomic E-state index is 12.1. The van der Waals surface area contributed by atoms with Gasteiger partial charge in [-0.2, -0.15) is 0 Å². The lowest BCUT2D eigenvalue weighted by Crippen LogP contribution is -2.39. The third kappa shape index (κ3) is 5.17. The van der Waals surface area contributed by atoms with Crippen LogP contribution in [0.2, 0.25) is 0 Å². The fraction of sp³-hybridized carbons (Fsp3) is 0.444. The quantitative estimate of drug-likeness (QED) is 0.221. The minimum Gasteiger partial charge on any atom is -0.328 e. The maximum absolute atomic E-state index is 12.1. The highest BCUT2D eigenvalue weighted by atomic mass is 16.2. The molecule has 0 radical (unpaired) electrons. The topological polar surface area (TPSA) is 185 Å². The van der Waals surface area contributed by atoms with E-state index in [2.05, 4.69) is 15.0 Å². The summed E-state index contributed by atoms with van der Waals surface area (Å²) in [6, 6.07) is 0. The molecule has 0 fully saturated rings. The molecular weight excluding hydrogens is 588 g/mol. The van der Waals surface area contributed by atoms with Crippen LogP contribution in [0.15, 0.2) is 47.7 Å². The van der Waals surface area contributed by atoms with Crippen LogP contribution in [0.1, 0.15) is 29.0 Å². The summed E-state index contributed by atoms with van der Waals surface area (Å²) in [5.41, 5.74) is -2.59. The van der Waals surface area contributed by atoms with E-state index in [0.717, 1.165) is 20.6 Å². The Balaban J connectivity index is 0.000000172. The summed E-state index contributed by atoms with van der Waals surface area (Å²) < 4.78 is 54.6. The van der Waals surface area contributed by atoms with Crippen molar-refractivity contribution in [1.82, 2.24) is 56.1 Å². The molecule has 0 N–H and O–H groups in total. The Kier molecular flexibility index (Phi) is 6.74. The second kappa shape index (κ2) is 12.2. The predicted octanol–water partition coefficient (Wildman–Crippen LogP) is -1.64. The van der Waals surface area contributed by atoms with E-state index in [1.54, 1.807) is 42.0 Å². The Labute approximate surface area is 262 Å². The molecule has 0 aliphatic carbocycles. The van der Waals surface area contributed by atoms with Gasteiger partial charge >= 0.3 is 17.1 Å². The van der Waals surface area contributed by atoms with Crippen LogP contribution in [-0.2, 0) is 61.8 Å². The molecule has 0 spiro atoms. The summed E-state index contributed by atoms with van der Waals surface area (Å²) >= 11 is 0. The molecule has 0 atom stereocenters. The van der Waals surface area contributed by atoms with Gasteiger partial charge in [0, 0.05) is 68.7 Å². The third-order valence-electron chi connectivity index (χ3n) is 7.11. The van der Waals surface area contributed by atoms with Crippen LogP contribution < -0.4 is 33.7 Å². The first kappa shape index (κ1) is 24.8. The van der Waals surface area contributed by atoms with Crippen LogP contribution >= 0.6 is 0 Å². The largest absolute Gasteiger partial charge is 0.332 e. The number of hydrogen-bond donors (Lipinski definition) is 0. The zero-order valence-electron chi connectivity index (χ0n) is 31.9. The second-order valence-corrected chi connectivity index (χ2v) is 9.76. The molecule has 0 amide bonds. The average Bonchev–Trinajstić information content (AvgIpc) is 3.69. The van der Waals surface area contributed by atoms with Gasteiger partial charge in [0.15, 0.2) is 33.5 Å². The highest BCUT2D eigenvalue weighted by molar-refractivity contribution is 5.71. The summed E-state index contributed by atoms with van der Waals surface area (Å²) in [7, 11) is 7.79. The molecule has 6 aromatic heterocycles. The van der Waals surface area contributed by atoms with Crippen LogP contribution in [0.3, 0.4) is 0 Å². The summed E-state index contributed by atoms with van der Waals surface area (Å²) in [4.78, 5) is 83.4. The van der Waals surface area contributed by atoms with Crippen LogP contribution in [-0.4, -0.2) is 56.1 Å². The van der Waals surface area contributed by atoms with Gasteiger partial charge in [-0.05, 0) is 20.8 Å². The van der Waals surface area contributed by atoms with Gasteiger partial charge in [-0.3, -0.25) is 41.8 Å². The molecule has 6 heterocycles. The second-order valence-electron chi connectivity index (χ2n) is 9.76. The Morgan fingerprint density at radius 1 is 0.600 bits per heavy atom. The first-order valence-corrected chi connectivity index (χ1v) is 13.5. The number of rotatable bonds is 3. The number of hydrogen-bond acceptors (Lipinski definition) is 9. The van der Waals surface area contributed by atoms with Crippen molar-refractivity contribution in [1.29, 1.82) is 0 Å². The monoisotopic (exact) mass is 630 g/mol. The minimum absolute atomic E-state index is 0.0315. The lowest BCUT2D eigenvalue weighted by Gasteiger charge is -2.05. The van der Waals surface area contributed by atoms with Gasteiger partial charge in [0.05, 0.1) is 19.0 Å². The molecule has 6 aromatic rings. The van der Waals surface area contributed by atoms with Crippen molar-refractivity contribution >= 4 is 33.5 Å². The number of nitrogens with zero attached hydrogens (tertiary/aromatic N) is 12. The number of imidazole rings is 3. The molecule has 0 aliphatic heterocycles. The molecule has 240 valence electrons. The van der Waals surface area contributed by atoms with Gasteiger partial charge in [-0.15, -0.1) is 0 Å². The van der Waals surface area contributed by atoms with E-state index in [-0.39, 0.29) is 46.3 Å². The molecule has 0 saturated carbocycles.